The molecule has 1 aromatic rings. The van der Waals surface area contributed by atoms with Crippen LogP contribution in [0, 0.1) is 5.92 Å². The Bertz CT molecular complexity index is 433. The smallest absolute Gasteiger partial charge is 0.270 e. The summed E-state index contributed by atoms with van der Waals surface area (Å²) in [5.41, 5.74) is 0.489. The van der Waals surface area contributed by atoms with Gasteiger partial charge in [0.25, 0.3) is 5.91 Å². The molecular formula is C15H23N3O. The summed E-state index contributed by atoms with van der Waals surface area (Å²) < 4.78 is 0. The minimum Gasteiger partial charge on any atom is -0.373 e. The molecule has 0 aromatic carbocycles. The van der Waals surface area contributed by atoms with E-state index in [4.69, 9.17) is 0 Å². The lowest BCUT2D eigenvalue weighted by molar-refractivity contribution is 0.0916. The maximum Gasteiger partial charge on any atom is 0.270 e. The van der Waals surface area contributed by atoms with E-state index >= 15 is 0 Å². The zero-order valence-electron chi connectivity index (χ0n) is 11.8. The lowest BCUT2D eigenvalue weighted by Gasteiger charge is -2.22. The zero-order valence-corrected chi connectivity index (χ0v) is 11.8. The van der Waals surface area contributed by atoms with Gasteiger partial charge in [-0.25, -0.2) is 4.98 Å². The molecule has 2 N–H and O–H groups in total. The van der Waals surface area contributed by atoms with Crippen molar-refractivity contribution in [2.24, 2.45) is 5.92 Å². The van der Waals surface area contributed by atoms with Crippen molar-refractivity contribution >= 4 is 11.7 Å². The largest absolute Gasteiger partial charge is 0.373 e. The lowest BCUT2D eigenvalue weighted by Crippen LogP contribution is -2.39. The number of carbonyl (C=O) groups is 1. The number of nitrogens with zero attached hydrogens (tertiary/aromatic N) is 1. The molecule has 2 unspecified atom stereocenters. The molecule has 1 fully saturated rings. The Morgan fingerprint density at radius 3 is 2.84 bits per heavy atom. The lowest BCUT2D eigenvalue weighted by atomic mass is 9.97. The van der Waals surface area contributed by atoms with Crippen LogP contribution >= 0.6 is 0 Å². The summed E-state index contributed by atoms with van der Waals surface area (Å²) in [6.45, 7) is 2.23. The Labute approximate surface area is 115 Å². The minimum atomic E-state index is -0.0594. The first kappa shape index (κ1) is 13.8. The molecule has 1 saturated carbocycles. The Balaban J connectivity index is 2.02. The molecule has 104 valence electrons. The van der Waals surface area contributed by atoms with Crippen molar-refractivity contribution in [3.05, 3.63) is 23.9 Å². The number of anilines is 1. The van der Waals surface area contributed by atoms with Gasteiger partial charge >= 0.3 is 0 Å². The maximum atomic E-state index is 12.2. The van der Waals surface area contributed by atoms with E-state index in [1.165, 1.54) is 25.7 Å². The van der Waals surface area contributed by atoms with Crippen LogP contribution in [0.2, 0.25) is 0 Å². The Morgan fingerprint density at radius 2 is 2.05 bits per heavy atom. The third-order valence-electron chi connectivity index (χ3n) is 3.92. The number of pyridine rings is 1. The van der Waals surface area contributed by atoms with Crippen molar-refractivity contribution in [2.75, 3.05) is 12.4 Å². The molecule has 19 heavy (non-hydrogen) atoms. The number of nitrogens with one attached hydrogen (secondary N) is 2. The Kier molecular flexibility index (Phi) is 4.77. The highest BCUT2D eigenvalue weighted by Crippen LogP contribution is 2.23. The molecule has 1 aliphatic carbocycles. The molecule has 4 nitrogen and oxygen atoms in total. The molecule has 1 amide bonds. The van der Waals surface area contributed by atoms with Gasteiger partial charge in [-0.2, -0.15) is 0 Å². The Morgan fingerprint density at radius 1 is 1.26 bits per heavy atom. The molecule has 2 rings (SSSR count). The highest BCUT2D eigenvalue weighted by atomic mass is 16.1. The number of amides is 1. The fourth-order valence-electron chi connectivity index (χ4n) is 2.65. The number of hydrogen-bond donors (Lipinski definition) is 2. The first-order chi connectivity index (χ1) is 9.20. The molecule has 2 atom stereocenters. The number of carbonyl (C=O) groups excluding carboxylic acids is 1. The molecule has 0 bridgehead atoms. The highest BCUT2D eigenvalue weighted by molar-refractivity contribution is 5.92. The predicted molar refractivity (Wildman–Crippen MR) is 77.3 cm³/mol. The van der Waals surface area contributed by atoms with Crippen LogP contribution in [0.1, 0.15) is 49.5 Å². The summed E-state index contributed by atoms with van der Waals surface area (Å²) in [4.78, 5) is 16.5. The topological polar surface area (TPSA) is 54.0 Å². The van der Waals surface area contributed by atoms with Crippen LogP contribution in [0.4, 0.5) is 5.82 Å². The predicted octanol–water partition coefficient (Wildman–Crippen LogP) is 2.82. The van der Waals surface area contributed by atoms with Crippen molar-refractivity contribution in [1.29, 1.82) is 0 Å². The molecule has 1 aromatic heterocycles. The van der Waals surface area contributed by atoms with Crippen LogP contribution in [0.15, 0.2) is 18.2 Å². The molecule has 0 aliphatic heterocycles. The van der Waals surface area contributed by atoms with Crippen LogP contribution in [0.25, 0.3) is 0 Å². The maximum absolute atomic E-state index is 12.2. The molecule has 1 aliphatic rings. The fraction of sp³-hybridized carbons (Fsp3) is 0.600. The van der Waals surface area contributed by atoms with Gasteiger partial charge in [-0.05, 0) is 30.9 Å². The van der Waals surface area contributed by atoms with E-state index < -0.39 is 0 Å². The van der Waals surface area contributed by atoms with Crippen LogP contribution in [0.5, 0.6) is 0 Å². The van der Waals surface area contributed by atoms with Crippen molar-refractivity contribution in [1.82, 2.24) is 10.3 Å². The van der Waals surface area contributed by atoms with Gasteiger partial charge in [-0.1, -0.05) is 32.3 Å². The minimum absolute atomic E-state index is 0.0594. The number of rotatable bonds is 3. The van der Waals surface area contributed by atoms with Gasteiger partial charge in [0.2, 0.25) is 0 Å². The summed E-state index contributed by atoms with van der Waals surface area (Å²) in [6, 6.07) is 5.75. The average molecular weight is 261 g/mol. The molecule has 0 spiro atoms. The standard InChI is InChI=1S/C15H23N3O/c1-11-7-4-3-5-8-12(11)18-15(19)13-9-6-10-14(16-2)17-13/h6,9-12H,3-5,7-8H2,1-2H3,(H,16,17)(H,18,19). The van der Waals surface area contributed by atoms with E-state index in [9.17, 15) is 4.79 Å². The Hall–Kier alpha value is -1.58. The van der Waals surface area contributed by atoms with E-state index in [-0.39, 0.29) is 11.9 Å². The quantitative estimate of drug-likeness (QED) is 0.823. The summed E-state index contributed by atoms with van der Waals surface area (Å²) in [5, 5.41) is 6.10. The van der Waals surface area contributed by atoms with E-state index in [0.717, 1.165) is 12.2 Å². The van der Waals surface area contributed by atoms with E-state index in [2.05, 4.69) is 22.5 Å². The van der Waals surface area contributed by atoms with Crippen molar-refractivity contribution in [3.63, 3.8) is 0 Å². The first-order valence-electron chi connectivity index (χ1n) is 7.16. The summed E-state index contributed by atoms with van der Waals surface area (Å²) in [7, 11) is 1.80. The van der Waals surface area contributed by atoms with E-state index in [1.54, 1.807) is 13.1 Å². The second-order valence-corrected chi connectivity index (χ2v) is 5.35. The summed E-state index contributed by atoms with van der Waals surface area (Å²) >= 11 is 0. The van der Waals surface area contributed by atoms with Gasteiger partial charge in [0.1, 0.15) is 11.5 Å². The van der Waals surface area contributed by atoms with Gasteiger partial charge in [0.15, 0.2) is 0 Å². The van der Waals surface area contributed by atoms with Crippen molar-refractivity contribution in [2.45, 2.75) is 45.1 Å². The van der Waals surface area contributed by atoms with Crippen molar-refractivity contribution in [3.8, 4) is 0 Å². The molecular weight excluding hydrogens is 238 g/mol. The second-order valence-electron chi connectivity index (χ2n) is 5.35. The van der Waals surface area contributed by atoms with Gasteiger partial charge < -0.3 is 10.6 Å². The first-order valence-corrected chi connectivity index (χ1v) is 7.16. The second kappa shape index (κ2) is 6.55. The average Bonchev–Trinajstić information content (AvgIpc) is 2.64. The van der Waals surface area contributed by atoms with Crippen LogP contribution in [0.3, 0.4) is 0 Å². The highest BCUT2D eigenvalue weighted by Gasteiger charge is 2.22. The van der Waals surface area contributed by atoms with Gasteiger partial charge in [-0.15, -0.1) is 0 Å². The molecule has 1 heterocycles. The summed E-state index contributed by atoms with van der Waals surface area (Å²) in [5.74, 6) is 1.22. The van der Waals surface area contributed by atoms with Crippen LogP contribution in [-0.4, -0.2) is 24.0 Å². The van der Waals surface area contributed by atoms with Crippen LogP contribution in [-0.2, 0) is 0 Å². The molecule has 0 saturated heterocycles. The molecule has 4 heteroatoms. The fourth-order valence-corrected chi connectivity index (χ4v) is 2.65. The normalized spacial score (nSPS) is 23.5. The third kappa shape index (κ3) is 3.69. The van der Waals surface area contributed by atoms with Gasteiger partial charge in [0, 0.05) is 13.1 Å². The number of hydrogen-bond acceptors (Lipinski definition) is 3. The summed E-state index contributed by atoms with van der Waals surface area (Å²) in [6.07, 6.45) is 6.05. The van der Waals surface area contributed by atoms with Crippen molar-refractivity contribution < 1.29 is 4.79 Å². The van der Waals surface area contributed by atoms with Gasteiger partial charge in [0.05, 0.1) is 0 Å². The zero-order chi connectivity index (χ0) is 13.7. The van der Waals surface area contributed by atoms with Gasteiger partial charge in [-0.3, -0.25) is 4.79 Å². The SMILES string of the molecule is CNc1cccc(C(=O)NC2CCCCCC2C)n1. The number of aromatic nitrogens is 1. The molecule has 0 radical (unpaired) electrons. The van der Waals surface area contributed by atoms with E-state index in [0.29, 0.717) is 11.6 Å². The van der Waals surface area contributed by atoms with Crippen LogP contribution < -0.4 is 10.6 Å². The monoisotopic (exact) mass is 261 g/mol. The third-order valence-corrected chi connectivity index (χ3v) is 3.92. The van der Waals surface area contributed by atoms with E-state index in [1.807, 2.05) is 12.1 Å².